The molecule has 2 aromatic rings. The molecule has 1 aliphatic carbocycles. The Hall–Kier alpha value is -2.34. The number of nitrogens with two attached hydrogens (primary N) is 1. The van der Waals surface area contributed by atoms with E-state index in [4.69, 9.17) is 15.0 Å². The lowest BCUT2D eigenvalue weighted by Gasteiger charge is -2.23. The third kappa shape index (κ3) is 2.14. The zero-order valence-corrected chi connectivity index (χ0v) is 11.4. The fraction of sp³-hybridized carbons (Fsp3) is 0.286. The van der Waals surface area contributed by atoms with Gasteiger partial charge in [-0.25, -0.2) is 9.97 Å². The van der Waals surface area contributed by atoms with E-state index in [0.717, 1.165) is 34.8 Å². The second-order valence-corrected chi connectivity index (χ2v) is 4.70. The predicted octanol–water partition coefficient (Wildman–Crippen LogP) is 1.79. The summed E-state index contributed by atoms with van der Waals surface area (Å²) in [6.07, 6.45) is 4.46. The second-order valence-electron chi connectivity index (χ2n) is 4.70. The first-order valence-electron chi connectivity index (χ1n) is 6.36. The molecule has 0 radical (unpaired) electrons. The number of anilines is 1. The van der Waals surface area contributed by atoms with Crippen molar-refractivity contribution in [3.63, 3.8) is 0 Å². The van der Waals surface area contributed by atoms with Crippen LogP contribution in [0, 0.1) is 6.92 Å². The lowest BCUT2D eigenvalue weighted by atomic mass is 9.89. The van der Waals surface area contributed by atoms with Crippen molar-refractivity contribution in [3.05, 3.63) is 47.2 Å². The third-order valence-electron chi connectivity index (χ3n) is 3.35. The zero-order chi connectivity index (χ0) is 14.1. The number of hydroxylamine groups is 1. The van der Waals surface area contributed by atoms with Crippen molar-refractivity contribution in [2.45, 2.75) is 19.3 Å². The Kier molecular flexibility index (Phi) is 3.15. The van der Waals surface area contributed by atoms with E-state index in [1.807, 2.05) is 19.1 Å². The monoisotopic (exact) mass is 272 g/mol. The lowest BCUT2D eigenvalue weighted by molar-refractivity contribution is 0.136. The molecule has 3 rings (SSSR count). The van der Waals surface area contributed by atoms with Crippen LogP contribution in [0.4, 0.5) is 5.95 Å². The van der Waals surface area contributed by atoms with E-state index < -0.39 is 0 Å². The second kappa shape index (κ2) is 4.97. The molecule has 0 saturated heterocycles. The Morgan fingerprint density at radius 2 is 2.30 bits per heavy atom. The van der Waals surface area contributed by atoms with Crippen LogP contribution in [0.2, 0.25) is 0 Å². The Labute approximate surface area is 116 Å². The number of hydrogen-bond donors (Lipinski definition) is 2. The van der Waals surface area contributed by atoms with Crippen LogP contribution in [-0.2, 0) is 11.3 Å². The van der Waals surface area contributed by atoms with E-state index >= 15 is 0 Å². The molecule has 0 aliphatic heterocycles. The molecule has 1 aliphatic rings. The van der Waals surface area contributed by atoms with E-state index in [1.165, 1.54) is 0 Å². The van der Waals surface area contributed by atoms with E-state index in [-0.39, 0.29) is 11.9 Å². The van der Waals surface area contributed by atoms with Crippen LogP contribution < -0.4 is 11.2 Å². The topological polar surface area (TPSA) is 86.2 Å². The Balaban J connectivity index is 2.09. The van der Waals surface area contributed by atoms with Gasteiger partial charge >= 0.3 is 0 Å². The van der Waals surface area contributed by atoms with Gasteiger partial charge in [0.25, 0.3) is 0 Å². The molecule has 6 nitrogen and oxygen atoms in total. The van der Waals surface area contributed by atoms with E-state index in [2.05, 4.69) is 21.5 Å². The number of fused-ring (bicyclic) bond motifs is 1. The van der Waals surface area contributed by atoms with Crippen LogP contribution in [0.15, 0.2) is 28.9 Å². The van der Waals surface area contributed by atoms with E-state index in [9.17, 15) is 0 Å². The molecule has 104 valence electrons. The number of nitrogens with one attached hydrogen (secondary N) is 1. The lowest BCUT2D eigenvalue weighted by Crippen LogP contribution is -2.21. The average Bonchev–Trinajstić information content (AvgIpc) is 2.91. The van der Waals surface area contributed by atoms with Crippen LogP contribution in [0.3, 0.4) is 0 Å². The summed E-state index contributed by atoms with van der Waals surface area (Å²) >= 11 is 0. The summed E-state index contributed by atoms with van der Waals surface area (Å²) in [5, 5.41) is 0. The van der Waals surface area contributed by atoms with Crippen molar-refractivity contribution in [3.8, 4) is 0 Å². The molecule has 1 unspecified atom stereocenters. The fourth-order valence-electron chi connectivity index (χ4n) is 2.59. The van der Waals surface area contributed by atoms with Gasteiger partial charge in [-0.1, -0.05) is 0 Å². The zero-order valence-electron chi connectivity index (χ0n) is 11.4. The van der Waals surface area contributed by atoms with Crippen LogP contribution in [0.25, 0.3) is 5.70 Å². The predicted molar refractivity (Wildman–Crippen MR) is 74.5 cm³/mol. The number of aromatic nitrogens is 2. The summed E-state index contributed by atoms with van der Waals surface area (Å²) in [7, 11) is 1.57. The molecular formula is C14H16N4O2. The smallest absolute Gasteiger partial charge is 0.220 e. The Morgan fingerprint density at radius 3 is 3.00 bits per heavy atom. The SMILES string of the molecule is CONC1=CC(c2ccco2)Cc2nc(N)nc(C)c21. The Morgan fingerprint density at radius 1 is 1.45 bits per heavy atom. The highest BCUT2D eigenvalue weighted by molar-refractivity contribution is 5.70. The van der Waals surface area contributed by atoms with Crippen LogP contribution in [0.5, 0.6) is 0 Å². The molecule has 0 amide bonds. The van der Waals surface area contributed by atoms with Gasteiger partial charge in [-0.15, -0.1) is 0 Å². The molecule has 0 saturated carbocycles. The van der Waals surface area contributed by atoms with Crippen molar-refractivity contribution >= 4 is 11.6 Å². The van der Waals surface area contributed by atoms with Gasteiger partial charge in [0.1, 0.15) is 5.76 Å². The quantitative estimate of drug-likeness (QED) is 0.828. The Bertz CT molecular complexity index is 649. The summed E-state index contributed by atoms with van der Waals surface area (Å²) in [6, 6.07) is 3.83. The maximum Gasteiger partial charge on any atom is 0.220 e. The first-order valence-corrected chi connectivity index (χ1v) is 6.36. The molecule has 0 fully saturated rings. The van der Waals surface area contributed by atoms with Crippen LogP contribution in [-0.4, -0.2) is 17.1 Å². The molecule has 2 aromatic heterocycles. The van der Waals surface area contributed by atoms with Crippen molar-refractivity contribution in [1.82, 2.24) is 15.4 Å². The number of allylic oxidation sites excluding steroid dienone is 1. The molecule has 2 heterocycles. The number of furan rings is 1. The standard InChI is InChI=1S/C14H16N4O2/c1-8-13-10(17-14(15)16-8)6-9(7-11(13)18-19-2)12-4-3-5-20-12/h3-5,7,9,18H,6H2,1-2H3,(H2,15,16,17). The van der Waals surface area contributed by atoms with Crippen molar-refractivity contribution in [1.29, 1.82) is 0 Å². The van der Waals surface area contributed by atoms with Crippen LogP contribution in [0.1, 0.15) is 28.6 Å². The molecule has 1 atom stereocenters. The van der Waals surface area contributed by atoms with Gasteiger partial charge in [0.2, 0.25) is 5.95 Å². The normalized spacial score (nSPS) is 17.5. The number of hydrogen-bond acceptors (Lipinski definition) is 6. The molecule has 3 N–H and O–H groups in total. The van der Waals surface area contributed by atoms with Crippen molar-refractivity contribution < 1.29 is 9.25 Å². The molecule has 0 aromatic carbocycles. The van der Waals surface area contributed by atoms with Crippen LogP contribution >= 0.6 is 0 Å². The summed E-state index contributed by atoms with van der Waals surface area (Å²) in [4.78, 5) is 13.6. The van der Waals surface area contributed by atoms with Gasteiger partial charge in [-0.05, 0) is 25.1 Å². The van der Waals surface area contributed by atoms with E-state index in [0.29, 0.717) is 0 Å². The summed E-state index contributed by atoms with van der Waals surface area (Å²) in [5.41, 5.74) is 12.2. The third-order valence-corrected chi connectivity index (χ3v) is 3.35. The largest absolute Gasteiger partial charge is 0.469 e. The van der Waals surface area contributed by atoms with Gasteiger partial charge in [-0.3, -0.25) is 10.3 Å². The minimum atomic E-state index is 0.101. The first kappa shape index (κ1) is 12.7. The number of nitrogens with zero attached hydrogens (tertiary/aromatic N) is 2. The highest BCUT2D eigenvalue weighted by atomic mass is 16.6. The van der Waals surface area contributed by atoms with Crippen molar-refractivity contribution in [2.75, 3.05) is 12.8 Å². The van der Waals surface area contributed by atoms with Gasteiger partial charge in [0.05, 0.1) is 30.5 Å². The number of aryl methyl sites for hydroxylation is 1. The van der Waals surface area contributed by atoms with Gasteiger partial charge in [0.15, 0.2) is 0 Å². The number of rotatable bonds is 3. The number of nitrogen functional groups attached to an aromatic ring is 1. The van der Waals surface area contributed by atoms with Crippen molar-refractivity contribution in [2.24, 2.45) is 0 Å². The first-order chi connectivity index (χ1) is 9.69. The maximum atomic E-state index is 5.75. The highest BCUT2D eigenvalue weighted by Crippen LogP contribution is 2.34. The highest BCUT2D eigenvalue weighted by Gasteiger charge is 2.26. The molecule has 20 heavy (non-hydrogen) atoms. The minimum absolute atomic E-state index is 0.101. The van der Waals surface area contributed by atoms with Gasteiger partial charge in [0, 0.05) is 17.9 Å². The minimum Gasteiger partial charge on any atom is -0.469 e. The summed E-state index contributed by atoms with van der Waals surface area (Å²) in [5.74, 6) is 1.28. The van der Waals surface area contributed by atoms with Gasteiger partial charge < -0.3 is 10.2 Å². The van der Waals surface area contributed by atoms with E-state index in [1.54, 1.807) is 13.4 Å². The van der Waals surface area contributed by atoms with Gasteiger partial charge in [-0.2, -0.15) is 0 Å². The molecular weight excluding hydrogens is 256 g/mol. The molecule has 0 spiro atoms. The summed E-state index contributed by atoms with van der Waals surface area (Å²) < 4.78 is 5.49. The maximum absolute atomic E-state index is 5.75. The average molecular weight is 272 g/mol. The summed E-state index contributed by atoms with van der Waals surface area (Å²) in [6.45, 7) is 1.91. The molecule has 6 heteroatoms. The molecule has 0 bridgehead atoms. The fourth-order valence-corrected chi connectivity index (χ4v) is 2.59.